The molecular formula is C16H16Cl2FN. The van der Waals surface area contributed by atoms with Crippen molar-refractivity contribution in [1.82, 2.24) is 5.32 Å². The van der Waals surface area contributed by atoms with E-state index in [0.717, 1.165) is 16.1 Å². The van der Waals surface area contributed by atoms with Crippen LogP contribution in [0.25, 0.3) is 0 Å². The van der Waals surface area contributed by atoms with E-state index in [1.165, 1.54) is 6.07 Å². The Morgan fingerprint density at radius 2 is 1.90 bits per heavy atom. The molecule has 0 aliphatic carbocycles. The van der Waals surface area contributed by atoms with Crippen LogP contribution in [0.2, 0.25) is 10.0 Å². The van der Waals surface area contributed by atoms with Crippen LogP contribution < -0.4 is 5.32 Å². The second-order valence-corrected chi connectivity index (χ2v) is 5.57. The lowest BCUT2D eigenvalue weighted by Crippen LogP contribution is -2.19. The molecule has 20 heavy (non-hydrogen) atoms. The van der Waals surface area contributed by atoms with Crippen LogP contribution in [-0.2, 0) is 6.42 Å². The number of hydrogen-bond donors (Lipinski definition) is 1. The Morgan fingerprint density at radius 1 is 1.15 bits per heavy atom. The molecule has 0 aliphatic heterocycles. The summed E-state index contributed by atoms with van der Waals surface area (Å²) in [6.07, 6.45) is 0.489. The summed E-state index contributed by atoms with van der Waals surface area (Å²) in [5, 5.41) is 4.38. The largest absolute Gasteiger partial charge is 0.313 e. The van der Waals surface area contributed by atoms with Gasteiger partial charge in [0.25, 0.3) is 0 Å². The van der Waals surface area contributed by atoms with E-state index in [-0.39, 0.29) is 11.9 Å². The van der Waals surface area contributed by atoms with Crippen LogP contribution in [0.4, 0.5) is 4.39 Å². The minimum Gasteiger partial charge on any atom is -0.313 e. The minimum atomic E-state index is -0.275. The lowest BCUT2D eigenvalue weighted by molar-refractivity contribution is 0.554. The topological polar surface area (TPSA) is 12.0 Å². The molecule has 0 bridgehead atoms. The lowest BCUT2D eigenvalue weighted by Gasteiger charge is -2.19. The van der Waals surface area contributed by atoms with Crippen molar-refractivity contribution in [1.29, 1.82) is 0 Å². The number of nitrogens with one attached hydrogen (secondary N) is 1. The average Bonchev–Trinajstić information content (AvgIpc) is 2.42. The van der Waals surface area contributed by atoms with Gasteiger partial charge in [-0.3, -0.25) is 0 Å². The summed E-state index contributed by atoms with van der Waals surface area (Å²) in [7, 11) is 1.85. The quantitative estimate of drug-likeness (QED) is 0.843. The zero-order valence-corrected chi connectivity index (χ0v) is 12.9. The van der Waals surface area contributed by atoms with E-state index in [4.69, 9.17) is 23.2 Å². The molecule has 4 heteroatoms. The van der Waals surface area contributed by atoms with Gasteiger partial charge in [-0.2, -0.15) is 0 Å². The standard InChI is InChI=1S/C16H16Cl2FN/c1-10-8-11(6-7-13(10)17)16(20-2)9-12-14(18)4-3-5-15(12)19/h3-8,16,20H,9H2,1-2H3. The van der Waals surface area contributed by atoms with Gasteiger partial charge in [-0.25, -0.2) is 4.39 Å². The Labute approximate surface area is 128 Å². The predicted octanol–water partition coefficient (Wildman–Crippen LogP) is 4.94. The van der Waals surface area contributed by atoms with Gasteiger partial charge >= 0.3 is 0 Å². The van der Waals surface area contributed by atoms with Gasteiger partial charge in [-0.1, -0.05) is 41.4 Å². The molecule has 0 spiro atoms. The van der Waals surface area contributed by atoms with E-state index < -0.39 is 0 Å². The number of hydrogen-bond acceptors (Lipinski definition) is 1. The molecule has 2 aromatic rings. The predicted molar refractivity (Wildman–Crippen MR) is 83.1 cm³/mol. The Morgan fingerprint density at radius 3 is 2.50 bits per heavy atom. The van der Waals surface area contributed by atoms with Crippen LogP contribution >= 0.6 is 23.2 Å². The van der Waals surface area contributed by atoms with Crippen molar-refractivity contribution in [3.8, 4) is 0 Å². The third kappa shape index (κ3) is 3.32. The highest BCUT2D eigenvalue weighted by molar-refractivity contribution is 6.31. The summed E-state index contributed by atoms with van der Waals surface area (Å²) in [5.74, 6) is -0.275. The average molecular weight is 312 g/mol. The third-order valence-electron chi connectivity index (χ3n) is 3.40. The molecule has 1 N–H and O–H groups in total. The summed E-state index contributed by atoms with van der Waals surface area (Å²) in [6.45, 7) is 1.95. The van der Waals surface area contributed by atoms with Crippen LogP contribution in [-0.4, -0.2) is 7.05 Å². The van der Waals surface area contributed by atoms with Crippen molar-refractivity contribution in [2.45, 2.75) is 19.4 Å². The summed E-state index contributed by atoms with van der Waals surface area (Å²) < 4.78 is 13.9. The number of rotatable bonds is 4. The van der Waals surface area contributed by atoms with E-state index in [9.17, 15) is 4.39 Å². The smallest absolute Gasteiger partial charge is 0.127 e. The van der Waals surface area contributed by atoms with Crippen molar-refractivity contribution in [2.24, 2.45) is 0 Å². The molecule has 106 valence electrons. The van der Waals surface area contributed by atoms with Gasteiger partial charge in [0, 0.05) is 21.7 Å². The maximum atomic E-state index is 13.9. The third-order valence-corrected chi connectivity index (χ3v) is 4.18. The Balaban J connectivity index is 2.31. The molecule has 2 rings (SSSR count). The highest BCUT2D eigenvalue weighted by Gasteiger charge is 2.15. The first kappa shape index (κ1) is 15.3. The molecular weight excluding hydrogens is 296 g/mol. The molecule has 0 fully saturated rings. The van der Waals surface area contributed by atoms with Crippen LogP contribution in [0, 0.1) is 12.7 Å². The highest BCUT2D eigenvalue weighted by atomic mass is 35.5. The second-order valence-electron chi connectivity index (χ2n) is 4.75. The van der Waals surface area contributed by atoms with E-state index in [1.807, 2.05) is 32.2 Å². The van der Waals surface area contributed by atoms with Crippen molar-refractivity contribution >= 4 is 23.2 Å². The first-order chi connectivity index (χ1) is 9.52. The molecule has 1 atom stereocenters. The van der Waals surface area contributed by atoms with Gasteiger partial charge in [-0.15, -0.1) is 0 Å². The van der Waals surface area contributed by atoms with E-state index >= 15 is 0 Å². The Bertz CT molecular complexity index is 593. The van der Waals surface area contributed by atoms with Gasteiger partial charge in [0.1, 0.15) is 5.82 Å². The van der Waals surface area contributed by atoms with Crippen molar-refractivity contribution in [3.63, 3.8) is 0 Å². The zero-order valence-electron chi connectivity index (χ0n) is 11.4. The molecule has 0 aromatic heterocycles. The molecule has 1 nitrogen and oxygen atoms in total. The normalized spacial score (nSPS) is 12.4. The number of benzene rings is 2. The van der Waals surface area contributed by atoms with Crippen LogP contribution in [0.15, 0.2) is 36.4 Å². The molecule has 0 heterocycles. The fourth-order valence-corrected chi connectivity index (χ4v) is 2.56. The summed E-state index contributed by atoms with van der Waals surface area (Å²) in [4.78, 5) is 0. The van der Waals surface area contributed by atoms with Crippen LogP contribution in [0.1, 0.15) is 22.7 Å². The van der Waals surface area contributed by atoms with E-state index in [1.54, 1.807) is 12.1 Å². The molecule has 2 aromatic carbocycles. The Kier molecular flexibility index (Phi) is 5.03. The number of aryl methyl sites for hydroxylation is 1. The van der Waals surface area contributed by atoms with Gasteiger partial charge in [0.05, 0.1) is 0 Å². The monoisotopic (exact) mass is 311 g/mol. The van der Waals surface area contributed by atoms with Gasteiger partial charge < -0.3 is 5.32 Å². The Hall–Kier alpha value is -1.09. The SMILES string of the molecule is CNC(Cc1c(F)cccc1Cl)c1ccc(Cl)c(C)c1. The molecule has 0 radical (unpaired) electrons. The number of likely N-dealkylation sites (N-methyl/N-ethyl adjacent to an activating group) is 1. The van der Waals surface area contributed by atoms with Crippen LogP contribution in [0.5, 0.6) is 0 Å². The van der Waals surface area contributed by atoms with Crippen molar-refractivity contribution < 1.29 is 4.39 Å². The van der Waals surface area contributed by atoms with E-state index in [0.29, 0.717) is 17.0 Å². The first-order valence-electron chi connectivity index (χ1n) is 6.39. The zero-order chi connectivity index (χ0) is 14.7. The molecule has 0 amide bonds. The first-order valence-corrected chi connectivity index (χ1v) is 7.14. The fraction of sp³-hybridized carbons (Fsp3) is 0.250. The summed E-state index contributed by atoms with van der Waals surface area (Å²) >= 11 is 12.1. The maximum absolute atomic E-state index is 13.9. The molecule has 0 aliphatic rings. The molecule has 1 unspecified atom stereocenters. The lowest BCUT2D eigenvalue weighted by atomic mass is 9.97. The van der Waals surface area contributed by atoms with Crippen LogP contribution in [0.3, 0.4) is 0 Å². The fourth-order valence-electron chi connectivity index (χ4n) is 2.20. The van der Waals surface area contributed by atoms with Gasteiger partial charge in [0.15, 0.2) is 0 Å². The number of halogens is 3. The van der Waals surface area contributed by atoms with Gasteiger partial charge in [-0.05, 0) is 49.7 Å². The maximum Gasteiger partial charge on any atom is 0.127 e. The van der Waals surface area contributed by atoms with Crippen molar-refractivity contribution in [3.05, 3.63) is 69.0 Å². The second kappa shape index (κ2) is 6.57. The molecule has 0 saturated heterocycles. The minimum absolute atomic E-state index is 0.0135. The van der Waals surface area contributed by atoms with Gasteiger partial charge in [0.2, 0.25) is 0 Å². The van der Waals surface area contributed by atoms with E-state index in [2.05, 4.69) is 5.32 Å². The summed E-state index contributed by atoms with van der Waals surface area (Å²) in [6, 6.07) is 10.6. The van der Waals surface area contributed by atoms with Crippen molar-refractivity contribution in [2.75, 3.05) is 7.05 Å². The highest BCUT2D eigenvalue weighted by Crippen LogP contribution is 2.27. The summed E-state index contributed by atoms with van der Waals surface area (Å²) in [5.41, 5.74) is 2.60. The molecule has 0 saturated carbocycles.